The molecule has 4 rings (SSSR count). The van der Waals surface area contributed by atoms with Gasteiger partial charge >= 0.3 is 0 Å². The summed E-state index contributed by atoms with van der Waals surface area (Å²) in [5.74, 6) is 0.984. The van der Waals surface area contributed by atoms with Gasteiger partial charge in [0.25, 0.3) is 5.91 Å². The van der Waals surface area contributed by atoms with Crippen LogP contribution in [0.4, 0.5) is 0 Å². The lowest BCUT2D eigenvalue weighted by Crippen LogP contribution is -2.27. The molecule has 1 atom stereocenters. The molecule has 1 unspecified atom stereocenters. The van der Waals surface area contributed by atoms with Crippen LogP contribution in [-0.2, 0) is 16.2 Å². The standard InChI is InChI=1S/C23H20Cl3N5O3S/c1-2-9-35-23-28-27-21(31(23)29-22(32)12-24)13-33-19-6-4-3-5-16(19)18-11-20(34-30-18)15-8-7-14(25)10-17(15)26/h2-8,10,20H,1,9,11-13H2,(H,29,32). The van der Waals surface area contributed by atoms with Crippen LogP contribution in [0.2, 0.25) is 10.0 Å². The highest BCUT2D eigenvalue weighted by atomic mass is 35.5. The maximum atomic E-state index is 11.9. The van der Waals surface area contributed by atoms with Crippen molar-refractivity contribution in [1.29, 1.82) is 0 Å². The number of oxime groups is 1. The van der Waals surface area contributed by atoms with Crippen molar-refractivity contribution in [2.45, 2.75) is 24.3 Å². The molecule has 0 bridgehead atoms. The average Bonchev–Trinajstić information content (AvgIpc) is 3.49. The highest BCUT2D eigenvalue weighted by Gasteiger charge is 2.27. The first-order valence-corrected chi connectivity index (χ1v) is 12.7. The second-order valence-electron chi connectivity index (χ2n) is 7.29. The zero-order chi connectivity index (χ0) is 24.8. The second-order valence-corrected chi connectivity index (χ2v) is 9.39. The van der Waals surface area contributed by atoms with Gasteiger partial charge in [0.05, 0.1) is 5.71 Å². The van der Waals surface area contributed by atoms with E-state index in [0.717, 1.165) is 16.8 Å². The Hall–Kier alpha value is -2.72. The molecule has 3 aromatic rings. The van der Waals surface area contributed by atoms with E-state index in [2.05, 4.69) is 27.4 Å². The number of thioether (sulfide) groups is 1. The topological polar surface area (TPSA) is 90.6 Å². The van der Waals surface area contributed by atoms with E-state index in [9.17, 15) is 4.79 Å². The van der Waals surface area contributed by atoms with E-state index in [-0.39, 0.29) is 18.6 Å². The van der Waals surface area contributed by atoms with Crippen LogP contribution in [0, 0.1) is 0 Å². The zero-order valence-electron chi connectivity index (χ0n) is 18.3. The summed E-state index contributed by atoms with van der Waals surface area (Å²) in [6.45, 7) is 3.74. The molecule has 1 amide bonds. The van der Waals surface area contributed by atoms with Gasteiger partial charge in [0.15, 0.2) is 11.9 Å². The Kier molecular flexibility index (Phi) is 8.56. The summed E-state index contributed by atoms with van der Waals surface area (Å²) in [4.78, 5) is 17.6. The van der Waals surface area contributed by atoms with Gasteiger partial charge in [-0.1, -0.05) is 64.4 Å². The molecule has 0 fully saturated rings. The number of hydrogen-bond acceptors (Lipinski definition) is 7. The summed E-state index contributed by atoms with van der Waals surface area (Å²) in [6, 6.07) is 12.7. The number of alkyl halides is 1. The minimum Gasteiger partial charge on any atom is -0.485 e. The lowest BCUT2D eigenvalue weighted by molar-refractivity contribution is -0.114. The highest BCUT2D eigenvalue weighted by Crippen LogP contribution is 2.36. The quantitative estimate of drug-likeness (QED) is 0.200. The van der Waals surface area contributed by atoms with Crippen molar-refractivity contribution in [3.63, 3.8) is 0 Å². The van der Waals surface area contributed by atoms with Crippen LogP contribution in [0.5, 0.6) is 5.75 Å². The zero-order valence-corrected chi connectivity index (χ0v) is 21.4. The van der Waals surface area contributed by atoms with Crippen LogP contribution in [0.1, 0.15) is 29.5 Å². The number of rotatable bonds is 10. The van der Waals surface area contributed by atoms with Gasteiger partial charge in [0.1, 0.15) is 18.2 Å². The lowest BCUT2D eigenvalue weighted by Gasteiger charge is -2.13. The van der Waals surface area contributed by atoms with E-state index in [1.54, 1.807) is 18.2 Å². The molecule has 35 heavy (non-hydrogen) atoms. The van der Waals surface area contributed by atoms with Crippen molar-refractivity contribution in [1.82, 2.24) is 14.9 Å². The van der Waals surface area contributed by atoms with Crippen molar-refractivity contribution in [2.24, 2.45) is 5.16 Å². The summed E-state index contributed by atoms with van der Waals surface area (Å²) in [7, 11) is 0. The molecule has 8 nitrogen and oxygen atoms in total. The molecule has 0 radical (unpaired) electrons. The van der Waals surface area contributed by atoms with Crippen LogP contribution in [0.3, 0.4) is 0 Å². The van der Waals surface area contributed by atoms with Crippen LogP contribution in [0.25, 0.3) is 0 Å². The number of benzene rings is 2. The number of halogens is 3. The summed E-state index contributed by atoms with van der Waals surface area (Å²) >= 11 is 19.4. The monoisotopic (exact) mass is 551 g/mol. The average molecular weight is 553 g/mol. The van der Waals surface area contributed by atoms with Gasteiger partial charge in [-0.15, -0.1) is 28.4 Å². The minimum atomic E-state index is -0.391. The predicted molar refractivity (Wildman–Crippen MR) is 138 cm³/mol. The molecule has 0 saturated heterocycles. The third-order valence-corrected chi connectivity index (χ3v) is 6.65. The number of carbonyl (C=O) groups is 1. The van der Waals surface area contributed by atoms with Crippen molar-refractivity contribution in [3.8, 4) is 5.75 Å². The number of nitrogens with zero attached hydrogens (tertiary/aromatic N) is 4. The number of hydrogen-bond donors (Lipinski definition) is 1. The Morgan fingerprint density at radius 1 is 1.29 bits per heavy atom. The first-order chi connectivity index (χ1) is 17.0. The van der Waals surface area contributed by atoms with E-state index in [0.29, 0.717) is 38.9 Å². The maximum absolute atomic E-state index is 11.9. The second kappa shape index (κ2) is 11.8. The molecule has 0 aliphatic carbocycles. The Labute approximate surface area is 221 Å². The molecule has 12 heteroatoms. The van der Waals surface area contributed by atoms with Gasteiger partial charge in [-0.3, -0.25) is 10.2 Å². The number of ether oxygens (including phenoxy) is 1. The SMILES string of the molecule is C=CCSc1nnc(COc2ccccc2C2=NOC(c3ccc(Cl)cc3Cl)C2)n1NC(=O)CCl. The Morgan fingerprint density at radius 3 is 2.89 bits per heavy atom. The maximum Gasteiger partial charge on any atom is 0.253 e. The molecule has 0 saturated carbocycles. The van der Waals surface area contributed by atoms with Gasteiger partial charge in [0, 0.05) is 33.3 Å². The van der Waals surface area contributed by atoms with E-state index >= 15 is 0 Å². The Balaban J connectivity index is 1.50. The molecule has 182 valence electrons. The highest BCUT2D eigenvalue weighted by molar-refractivity contribution is 7.99. The predicted octanol–water partition coefficient (Wildman–Crippen LogP) is 5.62. The van der Waals surface area contributed by atoms with E-state index < -0.39 is 5.91 Å². The van der Waals surface area contributed by atoms with Crippen LogP contribution in [-0.4, -0.2) is 38.1 Å². The van der Waals surface area contributed by atoms with Crippen LogP contribution >= 0.6 is 46.6 Å². The Bertz CT molecular complexity index is 1270. The lowest BCUT2D eigenvalue weighted by atomic mass is 9.99. The molecule has 1 N–H and O–H groups in total. The minimum absolute atomic E-state index is 0.0435. The van der Waals surface area contributed by atoms with E-state index in [1.165, 1.54) is 16.4 Å². The fraction of sp³-hybridized carbons (Fsp3) is 0.217. The molecule has 2 aromatic carbocycles. The Morgan fingerprint density at radius 2 is 2.11 bits per heavy atom. The van der Waals surface area contributed by atoms with Crippen molar-refractivity contribution in [2.75, 3.05) is 17.1 Å². The number of aromatic nitrogens is 3. The van der Waals surface area contributed by atoms with Gasteiger partial charge < -0.3 is 9.57 Å². The van der Waals surface area contributed by atoms with Gasteiger partial charge in [-0.2, -0.15) is 0 Å². The third-order valence-electron chi connectivity index (χ3n) is 4.92. The van der Waals surface area contributed by atoms with Crippen LogP contribution < -0.4 is 10.2 Å². The summed E-state index contributed by atoms with van der Waals surface area (Å²) in [6.07, 6.45) is 1.90. The number of nitrogens with one attached hydrogen (secondary N) is 1. The molecular formula is C23H20Cl3N5O3S. The molecule has 1 aliphatic rings. The normalized spacial score (nSPS) is 14.8. The number of para-hydroxylation sites is 1. The number of amides is 1. The van der Waals surface area contributed by atoms with Gasteiger partial charge in [-0.25, -0.2) is 4.68 Å². The fourth-order valence-electron chi connectivity index (χ4n) is 3.33. The summed E-state index contributed by atoms with van der Waals surface area (Å²) < 4.78 is 7.54. The molecule has 2 heterocycles. The smallest absolute Gasteiger partial charge is 0.253 e. The van der Waals surface area contributed by atoms with Gasteiger partial charge in [0.2, 0.25) is 5.16 Å². The van der Waals surface area contributed by atoms with Crippen LogP contribution in [0.15, 0.2) is 65.4 Å². The third kappa shape index (κ3) is 6.10. The largest absolute Gasteiger partial charge is 0.485 e. The molecular weight excluding hydrogens is 533 g/mol. The van der Waals surface area contributed by atoms with E-state index in [4.69, 9.17) is 44.4 Å². The first kappa shape index (κ1) is 25.4. The van der Waals surface area contributed by atoms with Gasteiger partial charge in [-0.05, 0) is 24.3 Å². The van der Waals surface area contributed by atoms with E-state index in [1.807, 2.05) is 30.3 Å². The summed E-state index contributed by atoms with van der Waals surface area (Å²) in [5, 5.41) is 14.1. The first-order valence-electron chi connectivity index (χ1n) is 10.4. The molecule has 0 spiro atoms. The van der Waals surface area contributed by atoms with Crippen molar-refractivity contribution < 1.29 is 14.4 Å². The fourth-order valence-corrected chi connectivity index (χ4v) is 4.56. The van der Waals surface area contributed by atoms with Crippen molar-refractivity contribution >= 4 is 58.2 Å². The van der Waals surface area contributed by atoms with Crippen molar-refractivity contribution in [3.05, 3.63) is 82.1 Å². The molecule has 1 aromatic heterocycles. The summed E-state index contributed by atoms with van der Waals surface area (Å²) in [5.41, 5.74) is 4.98. The number of carbonyl (C=O) groups excluding carboxylic acids is 1. The molecule has 1 aliphatic heterocycles.